The Morgan fingerprint density at radius 2 is 2.19 bits per heavy atom. The van der Waals surface area contributed by atoms with E-state index in [4.69, 9.17) is 15.4 Å². The summed E-state index contributed by atoms with van der Waals surface area (Å²) in [6.45, 7) is 1.94. The molecule has 0 atom stereocenters. The lowest BCUT2D eigenvalue weighted by atomic mass is 10.2. The summed E-state index contributed by atoms with van der Waals surface area (Å²) in [5.41, 5.74) is 0.465. The van der Waals surface area contributed by atoms with Gasteiger partial charge in [-0.1, -0.05) is 6.07 Å². The zero-order chi connectivity index (χ0) is 12.2. The largest absolute Gasteiger partial charge is 0.462 e. The number of hydrogen-bond donors (Lipinski definition) is 1. The number of hydrogen-bond acceptors (Lipinski definition) is 4. The quantitative estimate of drug-likeness (QED) is 0.664. The van der Waals surface area contributed by atoms with E-state index in [1.54, 1.807) is 6.92 Å². The molecule has 88 valence electrons. The third-order valence-electron chi connectivity index (χ3n) is 1.61. The predicted octanol–water partition coefficient (Wildman–Crippen LogP) is 1.76. The summed E-state index contributed by atoms with van der Waals surface area (Å²) in [7, 11) is 1.14. The highest BCUT2D eigenvalue weighted by Gasteiger charge is 2.09. The van der Waals surface area contributed by atoms with E-state index >= 15 is 0 Å². The van der Waals surface area contributed by atoms with E-state index in [0.717, 1.165) is 0 Å². The molecule has 7 heteroatoms. The van der Waals surface area contributed by atoms with Crippen LogP contribution in [-0.2, 0) is 14.0 Å². The maximum absolute atomic E-state index is 11.3. The summed E-state index contributed by atoms with van der Waals surface area (Å²) < 4.78 is 28.3. The minimum absolute atomic E-state index is 0.209. The van der Waals surface area contributed by atoms with Gasteiger partial charge < -0.3 is 4.74 Å². The molecule has 0 fully saturated rings. The number of ether oxygens (including phenoxy) is 1. The second kappa shape index (κ2) is 5.18. The lowest BCUT2D eigenvalue weighted by Crippen LogP contribution is -2.07. The molecule has 0 aliphatic rings. The Kier molecular flexibility index (Phi) is 4.14. The molecule has 0 heterocycles. The Balaban J connectivity index is 2.91. The lowest BCUT2D eigenvalue weighted by Gasteiger charge is -2.05. The highest BCUT2D eigenvalue weighted by Crippen LogP contribution is 2.14. The fourth-order valence-electron chi connectivity index (χ4n) is 1.06. The molecule has 0 unspecified atom stereocenters. The van der Waals surface area contributed by atoms with Gasteiger partial charge in [0.15, 0.2) is 0 Å². The van der Waals surface area contributed by atoms with E-state index in [1.165, 1.54) is 24.3 Å². The van der Waals surface area contributed by atoms with Crippen LogP contribution in [0.2, 0.25) is 0 Å². The molecule has 0 bridgehead atoms. The van der Waals surface area contributed by atoms with Gasteiger partial charge in [-0.05, 0) is 25.1 Å². The van der Waals surface area contributed by atoms with Gasteiger partial charge in [0.25, 0.3) is 0 Å². The minimum Gasteiger partial charge on any atom is -0.462 e. The third kappa shape index (κ3) is 4.08. The number of esters is 1. The smallest absolute Gasteiger partial charge is 0.338 e. The summed E-state index contributed by atoms with van der Waals surface area (Å²) >= 11 is 0. The molecule has 0 saturated carbocycles. The van der Waals surface area contributed by atoms with Gasteiger partial charge in [-0.2, -0.15) is 8.42 Å². The molecule has 0 aromatic heterocycles. The standard InChI is InChI=1S/C9H10ClNO4S/c1-2-15-9(12)7-4-3-5-8(6-7)11-16(10,13)14/h3-6,11H,2H2,1H3. The van der Waals surface area contributed by atoms with Crippen LogP contribution >= 0.6 is 10.7 Å². The van der Waals surface area contributed by atoms with Crippen LogP contribution in [0, 0.1) is 0 Å². The van der Waals surface area contributed by atoms with Crippen LogP contribution in [-0.4, -0.2) is 21.0 Å². The van der Waals surface area contributed by atoms with Gasteiger partial charge in [-0.3, -0.25) is 4.72 Å². The Hall–Kier alpha value is -1.27. The van der Waals surface area contributed by atoms with Crippen molar-refractivity contribution in [1.82, 2.24) is 0 Å². The molecule has 0 amide bonds. The number of carbonyl (C=O) groups is 1. The number of anilines is 1. The van der Waals surface area contributed by atoms with Crippen molar-refractivity contribution >= 4 is 31.6 Å². The molecule has 0 spiro atoms. The second-order valence-electron chi connectivity index (χ2n) is 2.84. The van der Waals surface area contributed by atoms with Gasteiger partial charge in [0, 0.05) is 10.7 Å². The number of carbonyl (C=O) groups excluding carboxylic acids is 1. The van der Waals surface area contributed by atoms with Crippen molar-refractivity contribution in [3.05, 3.63) is 29.8 Å². The molecule has 0 radical (unpaired) electrons. The predicted molar refractivity (Wildman–Crippen MR) is 60.8 cm³/mol. The Morgan fingerprint density at radius 3 is 2.75 bits per heavy atom. The third-order valence-corrected chi connectivity index (χ3v) is 2.32. The molecule has 1 N–H and O–H groups in total. The normalized spacial score (nSPS) is 10.9. The van der Waals surface area contributed by atoms with Crippen LogP contribution in [0.3, 0.4) is 0 Å². The molecule has 5 nitrogen and oxygen atoms in total. The Morgan fingerprint density at radius 1 is 1.50 bits per heavy atom. The van der Waals surface area contributed by atoms with Crippen molar-refractivity contribution in [1.29, 1.82) is 0 Å². The zero-order valence-corrected chi connectivity index (χ0v) is 10.0. The number of rotatable bonds is 4. The number of halogens is 1. The van der Waals surface area contributed by atoms with Crippen LogP contribution in [0.25, 0.3) is 0 Å². The molecule has 0 saturated heterocycles. The van der Waals surface area contributed by atoms with Crippen molar-refractivity contribution in [2.24, 2.45) is 0 Å². The monoisotopic (exact) mass is 263 g/mol. The van der Waals surface area contributed by atoms with Crippen molar-refractivity contribution < 1.29 is 17.9 Å². The van der Waals surface area contributed by atoms with E-state index < -0.39 is 15.2 Å². The van der Waals surface area contributed by atoms with Gasteiger partial charge in [0.1, 0.15) is 0 Å². The molecule has 1 aromatic carbocycles. The number of benzene rings is 1. The fraction of sp³-hybridized carbons (Fsp3) is 0.222. The first-order chi connectivity index (χ1) is 7.42. The summed E-state index contributed by atoms with van der Waals surface area (Å²) in [6.07, 6.45) is 0. The SMILES string of the molecule is CCOC(=O)c1cccc(NS(=O)(=O)Cl)c1. The van der Waals surface area contributed by atoms with Gasteiger partial charge in [0.2, 0.25) is 0 Å². The van der Waals surface area contributed by atoms with Crippen molar-refractivity contribution in [3.63, 3.8) is 0 Å². The number of nitrogens with one attached hydrogen (secondary N) is 1. The molecule has 0 aliphatic heterocycles. The van der Waals surface area contributed by atoms with Crippen LogP contribution in [0.15, 0.2) is 24.3 Å². The molecule has 0 aliphatic carbocycles. The highest BCUT2D eigenvalue weighted by atomic mass is 35.7. The molecular weight excluding hydrogens is 254 g/mol. The fourth-order valence-corrected chi connectivity index (χ4v) is 1.74. The Bertz CT molecular complexity index is 486. The zero-order valence-electron chi connectivity index (χ0n) is 8.44. The van der Waals surface area contributed by atoms with Crippen LogP contribution < -0.4 is 4.72 Å². The first kappa shape index (κ1) is 12.8. The highest BCUT2D eigenvalue weighted by molar-refractivity contribution is 8.14. The van der Waals surface area contributed by atoms with E-state index in [2.05, 4.69) is 0 Å². The second-order valence-corrected chi connectivity index (χ2v) is 5.14. The first-order valence-corrected chi connectivity index (χ1v) is 6.73. The van der Waals surface area contributed by atoms with Gasteiger partial charge in [0.05, 0.1) is 17.9 Å². The molecular formula is C9H10ClNO4S. The van der Waals surface area contributed by atoms with E-state index in [1.807, 2.05) is 4.72 Å². The van der Waals surface area contributed by atoms with Crippen LogP contribution in [0.4, 0.5) is 5.69 Å². The first-order valence-electron chi connectivity index (χ1n) is 4.42. The van der Waals surface area contributed by atoms with Crippen molar-refractivity contribution in [3.8, 4) is 0 Å². The summed E-state index contributed by atoms with van der Waals surface area (Å²) in [5, 5.41) is 0. The molecule has 1 rings (SSSR count). The van der Waals surface area contributed by atoms with Crippen molar-refractivity contribution in [2.45, 2.75) is 6.92 Å². The summed E-state index contributed by atoms with van der Waals surface area (Å²) in [5.74, 6) is -0.516. The van der Waals surface area contributed by atoms with Gasteiger partial charge in [-0.15, -0.1) is 0 Å². The van der Waals surface area contributed by atoms with Crippen molar-refractivity contribution in [2.75, 3.05) is 11.3 Å². The van der Waals surface area contributed by atoms with Crippen LogP contribution in [0.1, 0.15) is 17.3 Å². The van der Waals surface area contributed by atoms with E-state index in [-0.39, 0.29) is 17.9 Å². The average molecular weight is 264 g/mol. The Labute approximate surface area is 97.9 Å². The molecule has 1 aromatic rings. The molecule has 16 heavy (non-hydrogen) atoms. The lowest BCUT2D eigenvalue weighted by molar-refractivity contribution is 0.0526. The maximum atomic E-state index is 11.3. The topological polar surface area (TPSA) is 72.5 Å². The van der Waals surface area contributed by atoms with Gasteiger partial charge >= 0.3 is 15.2 Å². The van der Waals surface area contributed by atoms with E-state index in [9.17, 15) is 13.2 Å². The maximum Gasteiger partial charge on any atom is 0.338 e. The van der Waals surface area contributed by atoms with Gasteiger partial charge in [-0.25, -0.2) is 4.79 Å². The van der Waals surface area contributed by atoms with E-state index in [0.29, 0.717) is 0 Å². The minimum atomic E-state index is -3.86. The summed E-state index contributed by atoms with van der Waals surface area (Å²) in [4.78, 5) is 11.3. The summed E-state index contributed by atoms with van der Waals surface area (Å²) in [6, 6.07) is 5.86. The average Bonchev–Trinajstić information content (AvgIpc) is 2.16. The van der Waals surface area contributed by atoms with Crippen LogP contribution in [0.5, 0.6) is 0 Å².